The summed E-state index contributed by atoms with van der Waals surface area (Å²) in [5, 5.41) is 10.9. The van der Waals surface area contributed by atoms with Crippen molar-refractivity contribution in [2.75, 3.05) is 24.3 Å². The Kier molecular flexibility index (Phi) is 5.51. The summed E-state index contributed by atoms with van der Waals surface area (Å²) in [7, 11) is 3.54. The van der Waals surface area contributed by atoms with Crippen LogP contribution in [0.3, 0.4) is 0 Å². The van der Waals surface area contributed by atoms with Crippen LogP contribution in [0, 0.1) is 0 Å². The molecule has 0 aliphatic rings. The number of aromatic nitrogens is 4. The fraction of sp³-hybridized carbons (Fsp3) is 0.500. The number of hydrogen-bond donors (Lipinski definition) is 2. The summed E-state index contributed by atoms with van der Waals surface area (Å²) in [6.45, 7) is 4.00. The van der Waals surface area contributed by atoms with Crippen LogP contribution in [0.1, 0.15) is 24.9 Å². The number of nitrogens with zero attached hydrogens (tertiary/aromatic N) is 4. The summed E-state index contributed by atoms with van der Waals surface area (Å²) >= 11 is 0. The third kappa shape index (κ3) is 4.71. The van der Waals surface area contributed by atoms with Crippen molar-refractivity contribution in [2.24, 2.45) is 7.05 Å². The van der Waals surface area contributed by atoms with Gasteiger partial charge in [-0.2, -0.15) is 5.10 Å². The fourth-order valence-electron chi connectivity index (χ4n) is 1.86. The summed E-state index contributed by atoms with van der Waals surface area (Å²) in [6, 6.07) is 3.87. The van der Waals surface area contributed by atoms with Gasteiger partial charge in [-0.1, -0.05) is 6.92 Å². The van der Waals surface area contributed by atoms with E-state index >= 15 is 0 Å². The molecule has 0 radical (unpaired) electrons. The molecule has 0 saturated heterocycles. The van der Waals surface area contributed by atoms with E-state index in [-0.39, 0.29) is 0 Å². The molecule has 2 aromatic heterocycles. The molecule has 7 heteroatoms. The number of aryl methyl sites for hydroxylation is 1. The zero-order chi connectivity index (χ0) is 15.1. The zero-order valence-electron chi connectivity index (χ0n) is 12.8. The van der Waals surface area contributed by atoms with E-state index in [0.717, 1.165) is 30.3 Å². The predicted octanol–water partition coefficient (Wildman–Crippen LogP) is 1.79. The molecule has 0 spiro atoms. The van der Waals surface area contributed by atoms with Crippen molar-refractivity contribution < 1.29 is 4.74 Å². The van der Waals surface area contributed by atoms with Gasteiger partial charge in [0.15, 0.2) is 5.82 Å². The van der Waals surface area contributed by atoms with Crippen LogP contribution < -0.4 is 10.6 Å². The molecule has 0 fully saturated rings. The van der Waals surface area contributed by atoms with Crippen molar-refractivity contribution in [1.29, 1.82) is 0 Å². The highest BCUT2D eigenvalue weighted by Gasteiger charge is 2.05. The van der Waals surface area contributed by atoms with E-state index in [2.05, 4.69) is 32.6 Å². The molecule has 2 N–H and O–H groups in total. The van der Waals surface area contributed by atoms with E-state index in [1.165, 1.54) is 0 Å². The first kappa shape index (κ1) is 15.2. The topological polar surface area (TPSA) is 76.9 Å². The van der Waals surface area contributed by atoms with E-state index < -0.39 is 0 Å². The van der Waals surface area contributed by atoms with Crippen molar-refractivity contribution >= 4 is 11.6 Å². The SMILES string of the molecule is CCCNc1cc(NCc2ccn(C)n2)nc(COC)n1. The standard InChI is InChI=1S/C14H22N6O/c1-4-6-15-12-8-13(18-14(17-12)10-21-3)16-9-11-5-7-20(2)19-11/h5,7-8H,4,6,9-10H2,1-3H3,(H2,15,16,17,18). The molecule has 2 heterocycles. The number of ether oxygens (including phenoxy) is 1. The third-order valence-corrected chi connectivity index (χ3v) is 2.82. The van der Waals surface area contributed by atoms with Gasteiger partial charge in [0, 0.05) is 33.0 Å². The van der Waals surface area contributed by atoms with Gasteiger partial charge >= 0.3 is 0 Å². The summed E-state index contributed by atoms with van der Waals surface area (Å²) in [5.74, 6) is 2.23. The average Bonchev–Trinajstić information content (AvgIpc) is 2.89. The van der Waals surface area contributed by atoms with E-state index in [4.69, 9.17) is 4.74 Å². The molecule has 7 nitrogen and oxygen atoms in total. The monoisotopic (exact) mass is 290 g/mol. The lowest BCUT2D eigenvalue weighted by Crippen LogP contribution is -2.09. The van der Waals surface area contributed by atoms with Gasteiger partial charge in [0.25, 0.3) is 0 Å². The van der Waals surface area contributed by atoms with Crippen LogP contribution in [0.4, 0.5) is 11.6 Å². The Morgan fingerprint density at radius 1 is 1.24 bits per heavy atom. The molecule has 114 valence electrons. The lowest BCUT2D eigenvalue weighted by atomic mass is 10.4. The van der Waals surface area contributed by atoms with Gasteiger partial charge in [0.1, 0.15) is 18.2 Å². The summed E-state index contributed by atoms with van der Waals surface area (Å²) in [6.07, 6.45) is 2.96. The maximum Gasteiger partial charge on any atom is 0.158 e. The van der Waals surface area contributed by atoms with E-state index in [1.54, 1.807) is 11.8 Å². The van der Waals surface area contributed by atoms with Gasteiger partial charge in [-0.15, -0.1) is 0 Å². The molecule has 0 bridgehead atoms. The summed E-state index contributed by atoms with van der Waals surface area (Å²) in [4.78, 5) is 8.84. The van der Waals surface area contributed by atoms with Crippen molar-refractivity contribution in [3.63, 3.8) is 0 Å². The van der Waals surface area contributed by atoms with Crippen LogP contribution in [-0.4, -0.2) is 33.4 Å². The number of anilines is 2. The quantitative estimate of drug-likeness (QED) is 0.772. The molecule has 0 atom stereocenters. The highest BCUT2D eigenvalue weighted by Crippen LogP contribution is 2.13. The first-order valence-electron chi connectivity index (χ1n) is 7.04. The first-order valence-corrected chi connectivity index (χ1v) is 7.04. The third-order valence-electron chi connectivity index (χ3n) is 2.82. The maximum absolute atomic E-state index is 5.11. The van der Waals surface area contributed by atoms with Crippen LogP contribution in [0.25, 0.3) is 0 Å². The molecule has 0 amide bonds. The van der Waals surface area contributed by atoms with Gasteiger partial charge in [-0.05, 0) is 12.5 Å². The lowest BCUT2D eigenvalue weighted by molar-refractivity contribution is 0.178. The predicted molar refractivity (Wildman–Crippen MR) is 82.1 cm³/mol. The Morgan fingerprint density at radius 3 is 2.62 bits per heavy atom. The molecule has 2 rings (SSSR count). The molecule has 0 aliphatic heterocycles. The smallest absolute Gasteiger partial charge is 0.158 e. The highest BCUT2D eigenvalue weighted by molar-refractivity contribution is 5.47. The number of nitrogens with one attached hydrogen (secondary N) is 2. The van der Waals surface area contributed by atoms with Crippen LogP contribution >= 0.6 is 0 Å². The number of methoxy groups -OCH3 is 1. The Balaban J connectivity index is 2.07. The van der Waals surface area contributed by atoms with Crippen molar-refractivity contribution in [1.82, 2.24) is 19.7 Å². The van der Waals surface area contributed by atoms with Gasteiger partial charge in [0.05, 0.1) is 12.2 Å². The van der Waals surface area contributed by atoms with Gasteiger partial charge in [-0.3, -0.25) is 4.68 Å². The van der Waals surface area contributed by atoms with E-state index in [1.807, 2.05) is 25.4 Å². The fourth-order valence-corrected chi connectivity index (χ4v) is 1.86. The molecule has 21 heavy (non-hydrogen) atoms. The molecule has 0 saturated carbocycles. The normalized spacial score (nSPS) is 10.6. The highest BCUT2D eigenvalue weighted by atomic mass is 16.5. The van der Waals surface area contributed by atoms with Crippen molar-refractivity contribution in [3.05, 3.63) is 29.8 Å². The second-order valence-corrected chi connectivity index (χ2v) is 4.75. The minimum absolute atomic E-state index is 0.389. The van der Waals surface area contributed by atoms with Gasteiger partial charge < -0.3 is 15.4 Å². The minimum Gasteiger partial charge on any atom is -0.377 e. The lowest BCUT2D eigenvalue weighted by Gasteiger charge is -2.10. The van der Waals surface area contributed by atoms with E-state index in [0.29, 0.717) is 19.0 Å². The van der Waals surface area contributed by atoms with Crippen molar-refractivity contribution in [3.8, 4) is 0 Å². The molecular formula is C14H22N6O. The van der Waals surface area contributed by atoms with Gasteiger partial charge in [-0.25, -0.2) is 9.97 Å². The Labute approximate surface area is 124 Å². The second-order valence-electron chi connectivity index (χ2n) is 4.75. The Hall–Kier alpha value is -2.15. The summed E-state index contributed by atoms with van der Waals surface area (Å²) < 4.78 is 6.89. The van der Waals surface area contributed by atoms with Crippen LogP contribution in [0.2, 0.25) is 0 Å². The zero-order valence-corrected chi connectivity index (χ0v) is 12.8. The first-order chi connectivity index (χ1) is 10.2. The molecule has 0 unspecified atom stereocenters. The molecule has 0 aliphatic carbocycles. The Morgan fingerprint density at radius 2 is 2.00 bits per heavy atom. The number of hydrogen-bond acceptors (Lipinski definition) is 6. The maximum atomic E-state index is 5.11. The van der Waals surface area contributed by atoms with Crippen molar-refractivity contribution in [2.45, 2.75) is 26.5 Å². The van der Waals surface area contributed by atoms with Crippen LogP contribution in [-0.2, 0) is 24.9 Å². The Bertz CT molecular complexity index is 568. The van der Waals surface area contributed by atoms with Gasteiger partial charge in [0.2, 0.25) is 0 Å². The van der Waals surface area contributed by atoms with Crippen LogP contribution in [0.5, 0.6) is 0 Å². The average molecular weight is 290 g/mol. The second kappa shape index (κ2) is 7.58. The number of rotatable bonds is 8. The minimum atomic E-state index is 0.389. The molecular weight excluding hydrogens is 268 g/mol. The molecule has 2 aromatic rings. The van der Waals surface area contributed by atoms with Crippen LogP contribution in [0.15, 0.2) is 18.3 Å². The summed E-state index contributed by atoms with van der Waals surface area (Å²) in [5.41, 5.74) is 0.965. The largest absolute Gasteiger partial charge is 0.377 e. The molecule has 0 aromatic carbocycles. The van der Waals surface area contributed by atoms with E-state index in [9.17, 15) is 0 Å².